The molecule has 0 saturated heterocycles. The molecule has 2 aromatic carbocycles. The molecule has 0 aliphatic heterocycles. The number of rotatable bonds is 4. The Morgan fingerprint density at radius 3 is 2.81 bits per heavy atom. The summed E-state index contributed by atoms with van der Waals surface area (Å²) in [5.41, 5.74) is 1.18. The molecule has 0 spiro atoms. The summed E-state index contributed by atoms with van der Waals surface area (Å²) in [7, 11) is 1.53. The zero-order valence-corrected chi connectivity index (χ0v) is 12.3. The van der Waals surface area contributed by atoms with Crippen LogP contribution in [-0.4, -0.2) is 17.1 Å². The molecule has 3 aromatic rings. The normalized spacial score (nSPS) is 10.6. The smallest absolute Gasteiger partial charge is 0.318 e. The number of fused-ring (bicyclic) bond motifs is 1. The molecule has 1 N–H and O–H groups in total. The lowest BCUT2D eigenvalue weighted by Gasteiger charge is -2.10. The second-order valence-electron chi connectivity index (χ2n) is 4.55. The fraction of sp³-hybridized carbons (Fsp3) is 0.125. The molecule has 0 bridgehead atoms. The van der Waals surface area contributed by atoms with Gasteiger partial charge in [0.25, 0.3) is 0 Å². The lowest BCUT2D eigenvalue weighted by atomic mass is 10.0. The number of nitrogens with one attached hydrogen (secondary N) is 1. The van der Waals surface area contributed by atoms with Crippen molar-refractivity contribution in [2.75, 3.05) is 12.4 Å². The van der Waals surface area contributed by atoms with Crippen LogP contribution < -0.4 is 10.1 Å². The maximum atomic E-state index is 6.09. The summed E-state index contributed by atoms with van der Waals surface area (Å²) in [5, 5.41) is 6.13. The fourth-order valence-electron chi connectivity index (χ4n) is 2.20. The first kappa shape index (κ1) is 13.6. The summed E-state index contributed by atoms with van der Waals surface area (Å²) >= 11 is 6.09. The average Bonchev–Trinajstić information content (AvgIpc) is 2.54. The van der Waals surface area contributed by atoms with Crippen LogP contribution in [0.15, 0.2) is 48.7 Å². The minimum Gasteiger partial charge on any atom is -0.467 e. The van der Waals surface area contributed by atoms with Gasteiger partial charge in [-0.1, -0.05) is 54.1 Å². The first-order chi connectivity index (χ1) is 10.3. The maximum absolute atomic E-state index is 6.09. The molecule has 106 valence electrons. The summed E-state index contributed by atoms with van der Waals surface area (Å²) in [4.78, 5) is 8.17. The largest absolute Gasteiger partial charge is 0.467 e. The van der Waals surface area contributed by atoms with E-state index in [0.717, 1.165) is 0 Å². The lowest BCUT2D eigenvalue weighted by molar-refractivity contribution is 0.380. The Kier molecular flexibility index (Phi) is 3.88. The number of hydrogen-bond acceptors (Lipinski definition) is 4. The topological polar surface area (TPSA) is 47.0 Å². The summed E-state index contributed by atoms with van der Waals surface area (Å²) in [6.07, 6.45) is 1.53. The Bertz CT molecular complexity index is 771. The molecule has 1 heterocycles. The summed E-state index contributed by atoms with van der Waals surface area (Å²) < 4.78 is 5.01. The van der Waals surface area contributed by atoms with Gasteiger partial charge in [-0.3, -0.25) is 0 Å². The molecule has 3 rings (SSSR count). The van der Waals surface area contributed by atoms with Crippen molar-refractivity contribution in [1.82, 2.24) is 9.97 Å². The van der Waals surface area contributed by atoms with Crippen molar-refractivity contribution in [1.29, 1.82) is 0 Å². The average molecular weight is 300 g/mol. The van der Waals surface area contributed by atoms with E-state index >= 15 is 0 Å². The van der Waals surface area contributed by atoms with Gasteiger partial charge in [-0.05, 0) is 16.3 Å². The predicted octanol–water partition coefficient (Wildman–Crippen LogP) is 3.90. The monoisotopic (exact) mass is 299 g/mol. The minimum absolute atomic E-state index is 0.291. The van der Waals surface area contributed by atoms with Crippen molar-refractivity contribution in [3.8, 4) is 6.01 Å². The quantitative estimate of drug-likeness (QED) is 0.793. The molecule has 0 radical (unpaired) electrons. The second kappa shape index (κ2) is 5.97. The van der Waals surface area contributed by atoms with Crippen molar-refractivity contribution < 1.29 is 4.74 Å². The molecule has 0 unspecified atom stereocenters. The van der Waals surface area contributed by atoms with Crippen LogP contribution in [0.4, 0.5) is 5.82 Å². The number of ether oxygens (including phenoxy) is 1. The fourth-order valence-corrected chi connectivity index (χ4v) is 2.36. The molecule has 0 atom stereocenters. The van der Waals surface area contributed by atoms with Crippen LogP contribution in [0.1, 0.15) is 5.56 Å². The van der Waals surface area contributed by atoms with Gasteiger partial charge in [-0.2, -0.15) is 4.98 Å². The van der Waals surface area contributed by atoms with Crippen LogP contribution in [0.2, 0.25) is 5.02 Å². The zero-order valence-electron chi connectivity index (χ0n) is 11.5. The van der Waals surface area contributed by atoms with Crippen LogP contribution in [0, 0.1) is 0 Å². The highest BCUT2D eigenvalue weighted by Gasteiger charge is 2.06. The van der Waals surface area contributed by atoms with Crippen LogP contribution in [-0.2, 0) is 6.54 Å². The molecule has 0 amide bonds. The van der Waals surface area contributed by atoms with Crippen molar-refractivity contribution in [3.05, 3.63) is 59.2 Å². The summed E-state index contributed by atoms with van der Waals surface area (Å²) in [6, 6.07) is 14.8. The molecule has 21 heavy (non-hydrogen) atoms. The number of hydrogen-bond donors (Lipinski definition) is 1. The molecule has 5 heteroatoms. The van der Waals surface area contributed by atoms with Crippen molar-refractivity contribution in [2.45, 2.75) is 6.54 Å². The van der Waals surface area contributed by atoms with Crippen LogP contribution in [0.3, 0.4) is 0 Å². The summed E-state index contributed by atoms with van der Waals surface area (Å²) in [6.45, 7) is 0.626. The molecular weight excluding hydrogens is 286 g/mol. The van der Waals surface area contributed by atoms with Crippen molar-refractivity contribution in [3.63, 3.8) is 0 Å². The maximum Gasteiger partial charge on any atom is 0.318 e. The molecule has 0 saturated carbocycles. The van der Waals surface area contributed by atoms with Crippen LogP contribution >= 0.6 is 11.6 Å². The van der Waals surface area contributed by atoms with E-state index in [2.05, 4.69) is 39.6 Å². The molecule has 0 aliphatic carbocycles. The molecule has 0 aliphatic rings. The Balaban J connectivity index is 1.87. The molecule has 1 aromatic heterocycles. The first-order valence-electron chi connectivity index (χ1n) is 6.55. The van der Waals surface area contributed by atoms with E-state index in [9.17, 15) is 0 Å². The molecule has 0 fully saturated rings. The van der Waals surface area contributed by atoms with E-state index in [-0.39, 0.29) is 0 Å². The summed E-state index contributed by atoms with van der Waals surface area (Å²) in [5.74, 6) is 0.566. The molecule has 4 nitrogen and oxygen atoms in total. The number of halogens is 1. The third-order valence-corrected chi connectivity index (χ3v) is 3.51. The van der Waals surface area contributed by atoms with E-state index in [4.69, 9.17) is 16.3 Å². The van der Waals surface area contributed by atoms with Crippen LogP contribution in [0.5, 0.6) is 6.01 Å². The first-order valence-corrected chi connectivity index (χ1v) is 6.93. The Hall–Kier alpha value is -2.33. The zero-order chi connectivity index (χ0) is 14.7. The minimum atomic E-state index is 0.291. The van der Waals surface area contributed by atoms with Gasteiger partial charge in [0.15, 0.2) is 5.82 Å². The Morgan fingerprint density at radius 2 is 1.95 bits per heavy atom. The standard InChI is InChI=1S/C16H14ClN3O/c1-21-16-19-10-14(17)15(20-16)18-9-12-7-4-6-11-5-2-3-8-13(11)12/h2-8,10H,9H2,1H3,(H,18,19,20). The van der Waals surface area contributed by atoms with Crippen LogP contribution in [0.25, 0.3) is 10.8 Å². The highest BCUT2D eigenvalue weighted by atomic mass is 35.5. The Morgan fingerprint density at radius 1 is 1.14 bits per heavy atom. The van der Waals surface area contributed by atoms with Gasteiger partial charge < -0.3 is 10.1 Å². The van der Waals surface area contributed by atoms with E-state index in [1.807, 2.05) is 18.2 Å². The third-order valence-electron chi connectivity index (χ3n) is 3.23. The number of methoxy groups -OCH3 is 1. The van der Waals surface area contributed by atoms with Gasteiger partial charge in [0.05, 0.1) is 13.3 Å². The van der Waals surface area contributed by atoms with E-state index in [1.54, 1.807) is 0 Å². The van der Waals surface area contributed by atoms with Crippen molar-refractivity contribution in [2.24, 2.45) is 0 Å². The third kappa shape index (κ3) is 2.90. The highest BCUT2D eigenvalue weighted by Crippen LogP contribution is 2.23. The second-order valence-corrected chi connectivity index (χ2v) is 4.95. The molecular formula is C16H14ClN3O. The van der Waals surface area contributed by atoms with Gasteiger partial charge in [-0.15, -0.1) is 0 Å². The number of anilines is 1. The van der Waals surface area contributed by atoms with Gasteiger partial charge in [0.1, 0.15) is 5.02 Å². The predicted molar refractivity (Wildman–Crippen MR) is 84.9 cm³/mol. The van der Waals surface area contributed by atoms with E-state index < -0.39 is 0 Å². The Labute approximate surface area is 127 Å². The lowest BCUT2D eigenvalue weighted by Crippen LogP contribution is -2.04. The SMILES string of the molecule is COc1ncc(Cl)c(NCc2cccc3ccccc23)n1. The van der Waals surface area contributed by atoms with Gasteiger partial charge in [0, 0.05) is 6.54 Å². The van der Waals surface area contributed by atoms with Gasteiger partial charge in [-0.25, -0.2) is 4.98 Å². The van der Waals surface area contributed by atoms with E-state index in [0.29, 0.717) is 23.4 Å². The van der Waals surface area contributed by atoms with Gasteiger partial charge in [0.2, 0.25) is 0 Å². The number of benzene rings is 2. The van der Waals surface area contributed by atoms with E-state index in [1.165, 1.54) is 29.6 Å². The number of aromatic nitrogens is 2. The van der Waals surface area contributed by atoms with Crippen molar-refractivity contribution >= 4 is 28.2 Å². The highest BCUT2D eigenvalue weighted by molar-refractivity contribution is 6.32. The number of nitrogens with zero attached hydrogens (tertiary/aromatic N) is 2. The van der Waals surface area contributed by atoms with Gasteiger partial charge >= 0.3 is 6.01 Å².